The van der Waals surface area contributed by atoms with Gasteiger partial charge in [0, 0.05) is 18.0 Å². The second kappa shape index (κ2) is 4.21. The van der Waals surface area contributed by atoms with Gasteiger partial charge in [0.1, 0.15) is 5.37 Å². The lowest BCUT2D eigenvalue weighted by molar-refractivity contribution is 0.811. The molecule has 0 fully saturated rings. The van der Waals surface area contributed by atoms with Crippen LogP contribution in [0, 0.1) is 0 Å². The number of nitrogens with zero attached hydrogens (tertiary/aromatic N) is 4. The first kappa shape index (κ1) is 10.3. The van der Waals surface area contributed by atoms with Crippen LogP contribution in [0.5, 0.6) is 0 Å². The highest BCUT2D eigenvalue weighted by Crippen LogP contribution is 2.31. The van der Waals surface area contributed by atoms with E-state index in [0.717, 1.165) is 16.5 Å². The average molecular weight is 245 g/mol. The summed E-state index contributed by atoms with van der Waals surface area (Å²) in [5.74, 6) is 0.799. The maximum absolute atomic E-state index is 4.17. The van der Waals surface area contributed by atoms with Crippen LogP contribution in [-0.2, 0) is 0 Å². The molecule has 2 aromatic rings. The molecule has 1 N–H and O–H groups in total. The largest absolute Gasteiger partial charge is 0.305 e. The Kier molecular flexibility index (Phi) is 2.56. The van der Waals surface area contributed by atoms with E-state index in [4.69, 9.17) is 0 Å². The van der Waals surface area contributed by atoms with E-state index in [1.807, 2.05) is 29.8 Å². The Morgan fingerprint density at radius 1 is 1.47 bits per heavy atom. The van der Waals surface area contributed by atoms with Crippen molar-refractivity contribution in [3.63, 3.8) is 0 Å². The second-order valence-electron chi connectivity index (χ2n) is 3.58. The fourth-order valence-electron chi connectivity index (χ4n) is 1.67. The highest BCUT2D eigenvalue weighted by Gasteiger charge is 2.24. The summed E-state index contributed by atoms with van der Waals surface area (Å²) < 4.78 is 1.91. The van der Waals surface area contributed by atoms with Gasteiger partial charge in [0.2, 0.25) is 5.16 Å². The number of aromatic nitrogens is 4. The Morgan fingerprint density at radius 3 is 3.18 bits per heavy atom. The number of fused-ring (bicyclic) bond motifs is 1. The van der Waals surface area contributed by atoms with Gasteiger partial charge in [-0.15, -0.1) is 10.2 Å². The Labute approximate surface area is 103 Å². The number of allylic oxidation sites excluding steroid dienone is 1. The number of thioether (sulfide) groups is 1. The summed E-state index contributed by atoms with van der Waals surface area (Å²) in [7, 11) is 0. The summed E-state index contributed by atoms with van der Waals surface area (Å²) in [6.07, 6.45) is 7.64. The molecular formula is C11H11N5S. The molecule has 0 aromatic carbocycles. The van der Waals surface area contributed by atoms with Crippen LogP contribution < -0.4 is 5.43 Å². The number of pyridine rings is 1. The van der Waals surface area contributed by atoms with Crippen molar-refractivity contribution >= 4 is 11.8 Å². The molecule has 1 aliphatic rings. The Hall–Kier alpha value is -1.82. The fourth-order valence-corrected chi connectivity index (χ4v) is 2.62. The topological polar surface area (TPSA) is 55.6 Å². The molecule has 3 heterocycles. The number of hydrogen-bond donors (Lipinski definition) is 1. The summed E-state index contributed by atoms with van der Waals surface area (Å²) in [5.41, 5.74) is 4.28. The molecule has 1 aliphatic heterocycles. The van der Waals surface area contributed by atoms with Crippen molar-refractivity contribution in [2.45, 2.75) is 17.5 Å². The molecule has 0 spiro atoms. The third-order valence-corrected chi connectivity index (χ3v) is 3.40. The quantitative estimate of drug-likeness (QED) is 0.819. The molecule has 3 rings (SSSR count). The zero-order chi connectivity index (χ0) is 11.7. The van der Waals surface area contributed by atoms with Crippen LogP contribution in [0.1, 0.15) is 6.92 Å². The molecular weight excluding hydrogens is 234 g/mol. The molecule has 0 radical (unpaired) electrons. The lowest BCUT2D eigenvalue weighted by atomic mass is 10.3. The molecule has 0 bridgehead atoms. The maximum Gasteiger partial charge on any atom is 0.212 e. The predicted octanol–water partition coefficient (Wildman–Crippen LogP) is 1.89. The van der Waals surface area contributed by atoms with Crippen LogP contribution in [-0.4, -0.2) is 25.2 Å². The van der Waals surface area contributed by atoms with Crippen molar-refractivity contribution < 1.29 is 0 Å². The van der Waals surface area contributed by atoms with Crippen LogP contribution >= 0.6 is 11.8 Å². The van der Waals surface area contributed by atoms with E-state index < -0.39 is 0 Å². The van der Waals surface area contributed by atoms with E-state index in [1.165, 1.54) is 0 Å². The van der Waals surface area contributed by atoms with E-state index >= 15 is 0 Å². The van der Waals surface area contributed by atoms with Crippen LogP contribution in [0.25, 0.3) is 11.4 Å². The Morgan fingerprint density at radius 2 is 2.41 bits per heavy atom. The van der Waals surface area contributed by atoms with Crippen LogP contribution in [0.3, 0.4) is 0 Å². The van der Waals surface area contributed by atoms with Gasteiger partial charge in [0.25, 0.3) is 0 Å². The van der Waals surface area contributed by atoms with Crippen molar-refractivity contribution in [1.82, 2.24) is 19.9 Å². The van der Waals surface area contributed by atoms with E-state index in [9.17, 15) is 0 Å². The van der Waals surface area contributed by atoms with Gasteiger partial charge in [-0.05, 0) is 19.1 Å². The summed E-state index contributed by atoms with van der Waals surface area (Å²) in [6.45, 7) is 2.00. The number of rotatable bonds is 2. The SMILES string of the molecule is C/C=C/C1Nn2c(nnc2-c2cccnc2)S1. The smallest absolute Gasteiger partial charge is 0.212 e. The highest BCUT2D eigenvalue weighted by molar-refractivity contribution is 8.00. The number of nitrogens with one attached hydrogen (secondary N) is 1. The van der Waals surface area contributed by atoms with Gasteiger partial charge in [0.05, 0.1) is 0 Å². The van der Waals surface area contributed by atoms with E-state index in [2.05, 4.69) is 26.7 Å². The molecule has 1 unspecified atom stereocenters. The van der Waals surface area contributed by atoms with Gasteiger partial charge in [-0.2, -0.15) is 0 Å². The Bertz CT molecular complexity index is 548. The summed E-state index contributed by atoms with van der Waals surface area (Å²) >= 11 is 1.65. The highest BCUT2D eigenvalue weighted by atomic mass is 32.2. The van der Waals surface area contributed by atoms with Crippen molar-refractivity contribution in [3.05, 3.63) is 36.7 Å². The predicted molar refractivity (Wildman–Crippen MR) is 67.1 cm³/mol. The molecule has 86 valence electrons. The third-order valence-electron chi connectivity index (χ3n) is 2.41. The maximum atomic E-state index is 4.17. The van der Waals surface area contributed by atoms with Gasteiger partial charge < -0.3 is 5.43 Å². The summed E-state index contributed by atoms with van der Waals surface area (Å²) in [6, 6.07) is 3.86. The van der Waals surface area contributed by atoms with Gasteiger partial charge in [0.15, 0.2) is 5.82 Å². The fraction of sp³-hybridized carbons (Fsp3) is 0.182. The van der Waals surface area contributed by atoms with Crippen LogP contribution in [0.2, 0.25) is 0 Å². The van der Waals surface area contributed by atoms with Crippen molar-refractivity contribution in [1.29, 1.82) is 0 Å². The zero-order valence-electron chi connectivity index (χ0n) is 9.24. The summed E-state index contributed by atoms with van der Waals surface area (Å²) in [4.78, 5) is 4.09. The molecule has 2 aromatic heterocycles. The Balaban J connectivity index is 1.96. The van der Waals surface area contributed by atoms with Crippen LogP contribution in [0.4, 0.5) is 0 Å². The third kappa shape index (κ3) is 1.80. The molecule has 5 nitrogen and oxygen atoms in total. The second-order valence-corrected chi connectivity index (χ2v) is 4.69. The van der Waals surface area contributed by atoms with Gasteiger partial charge >= 0.3 is 0 Å². The minimum absolute atomic E-state index is 0.223. The zero-order valence-corrected chi connectivity index (χ0v) is 10.1. The number of hydrogen-bond acceptors (Lipinski definition) is 5. The van der Waals surface area contributed by atoms with Crippen molar-refractivity contribution in [3.8, 4) is 11.4 Å². The minimum Gasteiger partial charge on any atom is -0.305 e. The average Bonchev–Trinajstić information content (AvgIpc) is 2.90. The molecule has 0 amide bonds. The van der Waals surface area contributed by atoms with Gasteiger partial charge in [-0.1, -0.05) is 23.9 Å². The first-order valence-corrected chi connectivity index (χ1v) is 6.18. The lowest BCUT2D eigenvalue weighted by Crippen LogP contribution is -2.17. The van der Waals surface area contributed by atoms with Gasteiger partial charge in [-0.25, -0.2) is 4.68 Å². The molecule has 1 atom stereocenters. The molecule has 0 saturated carbocycles. The van der Waals surface area contributed by atoms with E-state index in [0.29, 0.717) is 0 Å². The van der Waals surface area contributed by atoms with Crippen molar-refractivity contribution in [2.75, 3.05) is 5.43 Å². The molecule has 17 heavy (non-hydrogen) atoms. The molecule has 6 heteroatoms. The monoisotopic (exact) mass is 245 g/mol. The first-order valence-electron chi connectivity index (χ1n) is 5.30. The van der Waals surface area contributed by atoms with E-state index in [1.54, 1.807) is 24.2 Å². The minimum atomic E-state index is 0.223. The van der Waals surface area contributed by atoms with E-state index in [-0.39, 0.29) is 5.37 Å². The first-order chi connectivity index (χ1) is 8.38. The van der Waals surface area contributed by atoms with Gasteiger partial charge in [-0.3, -0.25) is 4.98 Å². The standard InChI is InChI=1S/C11H11N5S/c1-2-4-9-15-16-10(13-14-11(16)17-9)8-5-3-6-12-7-8/h2-7,9,15H,1H3/b4-2+. The van der Waals surface area contributed by atoms with Crippen molar-refractivity contribution in [2.24, 2.45) is 0 Å². The lowest BCUT2D eigenvalue weighted by Gasteiger charge is -2.07. The molecule has 0 saturated heterocycles. The summed E-state index contributed by atoms with van der Waals surface area (Å²) in [5, 5.41) is 9.43. The molecule has 0 aliphatic carbocycles. The van der Waals surface area contributed by atoms with Crippen LogP contribution in [0.15, 0.2) is 41.8 Å². The normalized spacial score (nSPS) is 18.3.